The Morgan fingerprint density at radius 2 is 1.71 bits per heavy atom. The van der Waals surface area contributed by atoms with Gasteiger partial charge in [-0.15, -0.1) is 10.1 Å². The Morgan fingerprint density at radius 1 is 0.966 bits per heavy atom. The van der Waals surface area contributed by atoms with Crippen molar-refractivity contribution in [3.8, 4) is 11.6 Å². The monoisotopic (exact) mass is 825 g/mol. The second kappa shape index (κ2) is 19.3. The molecule has 2 atom stereocenters. The summed E-state index contributed by atoms with van der Waals surface area (Å²) in [4.78, 5) is 62.7. The summed E-state index contributed by atoms with van der Waals surface area (Å²) < 4.78 is 44.9. The minimum absolute atomic E-state index is 0.00529. The van der Waals surface area contributed by atoms with Crippen LogP contribution in [-0.2, 0) is 32.1 Å². The number of primary amides is 1. The fourth-order valence-corrected chi connectivity index (χ4v) is 7.69. The summed E-state index contributed by atoms with van der Waals surface area (Å²) in [6, 6.07) is 10.9. The summed E-state index contributed by atoms with van der Waals surface area (Å²) in [7, 11) is 0. The number of nitrogens with zero attached hydrogens (tertiary/aromatic N) is 4. The molecule has 1 saturated heterocycles. The Kier molecular flexibility index (Phi) is 14.0. The zero-order chi connectivity index (χ0) is 41.3. The molecule has 2 aliphatic heterocycles. The molecule has 2 fully saturated rings. The Hall–Kier alpha value is -5.51. The van der Waals surface area contributed by atoms with Gasteiger partial charge in [-0.05, 0) is 105 Å². The standard InChI is InChI=1S/C41H46ClF2N5O9/c1-25-28(16-18-46-39(25)56-22-17-35(45)50)24-47(29-10-11-29)40(51)36-31(23-30-12-15-34(36)48(30)41(52)57-19-2-3-21-58-49(53)54)27-8-6-26(7-9-27)5-4-20-55-38-33(44)14-13-32(43)37(38)42/h6-9,13-14,16,18,29-30,34H,2-5,10-12,15,17,19-24H2,1H3,(H2,45,50). The molecule has 3 heterocycles. The number of halogens is 3. The second-order valence-electron chi connectivity index (χ2n) is 14.6. The van der Waals surface area contributed by atoms with E-state index in [-0.39, 0.29) is 63.1 Å². The van der Waals surface area contributed by atoms with Crippen LogP contribution in [0.15, 0.2) is 54.2 Å². The van der Waals surface area contributed by atoms with Crippen molar-refractivity contribution in [3.05, 3.63) is 103 Å². The van der Waals surface area contributed by atoms with Gasteiger partial charge < -0.3 is 29.7 Å². The predicted octanol–water partition coefficient (Wildman–Crippen LogP) is 6.89. The number of aryl methyl sites for hydroxylation is 1. The number of hydrogen-bond donors (Lipinski definition) is 1. The number of fused-ring (bicyclic) bond motifs is 2. The maximum Gasteiger partial charge on any atom is 0.410 e. The van der Waals surface area contributed by atoms with Gasteiger partial charge in [0.1, 0.15) is 10.8 Å². The number of carbonyl (C=O) groups is 3. The smallest absolute Gasteiger partial charge is 0.410 e. The van der Waals surface area contributed by atoms with E-state index in [0.29, 0.717) is 56.4 Å². The zero-order valence-corrected chi connectivity index (χ0v) is 32.9. The number of pyridine rings is 1. The summed E-state index contributed by atoms with van der Waals surface area (Å²) in [5.74, 6) is -2.13. The Balaban J connectivity index is 1.23. The quantitative estimate of drug-likeness (QED) is 0.0546. The molecule has 310 valence electrons. The average Bonchev–Trinajstić information content (AvgIpc) is 3.99. The largest absolute Gasteiger partial charge is 0.489 e. The summed E-state index contributed by atoms with van der Waals surface area (Å²) in [6.07, 6.45) is 6.23. The molecule has 2 N–H and O–H groups in total. The van der Waals surface area contributed by atoms with E-state index in [1.165, 1.54) is 0 Å². The molecule has 1 aliphatic carbocycles. The Morgan fingerprint density at radius 3 is 2.43 bits per heavy atom. The van der Waals surface area contributed by atoms with Crippen LogP contribution in [0, 0.1) is 28.7 Å². The maximum atomic E-state index is 15.0. The van der Waals surface area contributed by atoms with Gasteiger partial charge in [-0.2, -0.15) is 0 Å². The molecule has 58 heavy (non-hydrogen) atoms. The van der Waals surface area contributed by atoms with E-state index in [2.05, 4.69) is 9.82 Å². The topological polar surface area (TPSA) is 177 Å². The van der Waals surface area contributed by atoms with Gasteiger partial charge in [0.15, 0.2) is 11.6 Å². The number of rotatable bonds is 20. The minimum atomic E-state index is -0.861. The Bertz CT molecular complexity index is 2030. The number of amides is 3. The molecule has 1 aromatic heterocycles. The molecule has 3 aliphatic rings. The van der Waals surface area contributed by atoms with Crippen molar-refractivity contribution in [2.45, 2.75) is 95.8 Å². The third kappa shape index (κ3) is 10.3. The van der Waals surface area contributed by atoms with Gasteiger partial charge in [-0.3, -0.25) is 14.5 Å². The van der Waals surface area contributed by atoms with Crippen molar-refractivity contribution in [1.82, 2.24) is 14.8 Å². The molecule has 3 amide bonds. The number of ether oxygens (including phenoxy) is 3. The number of aromatic nitrogens is 1. The van der Waals surface area contributed by atoms with Crippen LogP contribution >= 0.6 is 11.6 Å². The first kappa shape index (κ1) is 42.1. The van der Waals surface area contributed by atoms with Gasteiger partial charge in [-0.25, -0.2) is 18.6 Å². The van der Waals surface area contributed by atoms with Gasteiger partial charge in [0, 0.05) is 36.0 Å². The number of hydrogen-bond acceptors (Lipinski definition) is 10. The first-order valence-electron chi connectivity index (χ1n) is 19.4. The number of nitrogens with two attached hydrogens (primary N) is 1. The van der Waals surface area contributed by atoms with Crippen molar-refractivity contribution < 1.29 is 47.3 Å². The summed E-state index contributed by atoms with van der Waals surface area (Å²) in [5, 5.41) is 9.21. The molecular weight excluding hydrogens is 780 g/mol. The predicted molar refractivity (Wildman–Crippen MR) is 207 cm³/mol. The Labute approximate surface area is 339 Å². The van der Waals surface area contributed by atoms with Crippen LogP contribution in [0.2, 0.25) is 5.02 Å². The summed E-state index contributed by atoms with van der Waals surface area (Å²) in [5.41, 5.74) is 10.1. The SMILES string of the molecule is Cc1c(CN(C(=O)C2=C(c3ccc(CCCOc4c(F)ccc(F)c4Cl)cc3)CC3CCC2N3C(=O)OCCCCO[N+](=O)[O-])C2CC2)ccnc1OCCC(N)=O. The first-order chi connectivity index (χ1) is 27.9. The highest BCUT2D eigenvalue weighted by Crippen LogP contribution is 2.45. The molecule has 6 rings (SSSR count). The lowest BCUT2D eigenvalue weighted by atomic mass is 9.87. The molecule has 0 radical (unpaired) electrons. The van der Waals surface area contributed by atoms with Crippen molar-refractivity contribution in [2.75, 3.05) is 26.4 Å². The van der Waals surface area contributed by atoms with Crippen LogP contribution in [0.4, 0.5) is 13.6 Å². The first-order valence-corrected chi connectivity index (χ1v) is 19.8. The molecule has 2 aromatic carbocycles. The number of carbonyl (C=O) groups excluding carboxylic acids is 3. The highest BCUT2D eigenvalue weighted by Gasteiger charge is 2.49. The minimum Gasteiger partial charge on any atom is -0.489 e. The maximum absolute atomic E-state index is 15.0. The third-order valence-electron chi connectivity index (χ3n) is 10.6. The highest BCUT2D eigenvalue weighted by molar-refractivity contribution is 6.32. The molecule has 14 nitrogen and oxygen atoms in total. The molecule has 17 heteroatoms. The van der Waals surface area contributed by atoms with E-state index in [0.717, 1.165) is 52.8 Å². The fraction of sp³-hybridized carbons (Fsp3) is 0.463. The van der Waals surface area contributed by atoms with Crippen LogP contribution in [-0.4, -0.2) is 82.3 Å². The molecule has 3 aromatic rings. The second-order valence-corrected chi connectivity index (χ2v) is 15.0. The zero-order valence-electron chi connectivity index (χ0n) is 32.1. The fourth-order valence-electron chi connectivity index (χ4n) is 7.49. The van der Waals surface area contributed by atoms with Crippen LogP contribution in [0.5, 0.6) is 11.6 Å². The van der Waals surface area contributed by atoms with Crippen molar-refractivity contribution >= 4 is 35.1 Å². The van der Waals surface area contributed by atoms with Gasteiger partial charge in [-0.1, -0.05) is 35.9 Å². The van der Waals surface area contributed by atoms with E-state index in [1.54, 1.807) is 11.1 Å². The van der Waals surface area contributed by atoms with Crippen LogP contribution in [0.3, 0.4) is 0 Å². The van der Waals surface area contributed by atoms with E-state index in [1.807, 2.05) is 42.2 Å². The van der Waals surface area contributed by atoms with Crippen molar-refractivity contribution in [3.63, 3.8) is 0 Å². The van der Waals surface area contributed by atoms with Crippen LogP contribution in [0.25, 0.3) is 5.57 Å². The van der Waals surface area contributed by atoms with Gasteiger partial charge in [0.25, 0.3) is 11.0 Å². The molecular formula is C41H46ClF2N5O9. The lowest BCUT2D eigenvalue weighted by Gasteiger charge is -2.38. The molecule has 1 saturated carbocycles. The normalized spacial score (nSPS) is 17.2. The van der Waals surface area contributed by atoms with Gasteiger partial charge in [0.2, 0.25) is 11.8 Å². The van der Waals surface area contributed by atoms with Crippen molar-refractivity contribution in [1.29, 1.82) is 0 Å². The molecule has 2 unspecified atom stereocenters. The van der Waals surface area contributed by atoms with Crippen LogP contribution < -0.4 is 15.2 Å². The van der Waals surface area contributed by atoms with Gasteiger partial charge in [0.05, 0.1) is 38.9 Å². The van der Waals surface area contributed by atoms with E-state index in [9.17, 15) is 28.5 Å². The molecule has 0 spiro atoms. The number of benzene rings is 2. The lowest BCUT2D eigenvalue weighted by molar-refractivity contribution is -0.757. The highest BCUT2D eigenvalue weighted by atomic mass is 35.5. The van der Waals surface area contributed by atoms with Crippen LogP contribution in [0.1, 0.15) is 80.0 Å². The number of unbranched alkanes of at least 4 members (excludes halogenated alkanes) is 1. The van der Waals surface area contributed by atoms with Gasteiger partial charge >= 0.3 is 6.09 Å². The van der Waals surface area contributed by atoms with E-state index < -0.39 is 39.8 Å². The molecule has 2 bridgehead atoms. The summed E-state index contributed by atoms with van der Waals surface area (Å²) >= 11 is 5.89. The van der Waals surface area contributed by atoms with Crippen molar-refractivity contribution in [2.24, 2.45) is 5.73 Å². The van der Waals surface area contributed by atoms with E-state index >= 15 is 4.79 Å². The summed E-state index contributed by atoms with van der Waals surface area (Å²) in [6.45, 7) is 2.27. The average molecular weight is 826 g/mol. The third-order valence-corrected chi connectivity index (χ3v) is 11.0. The van der Waals surface area contributed by atoms with E-state index in [4.69, 9.17) is 31.5 Å². The lowest BCUT2D eigenvalue weighted by Crippen LogP contribution is -2.49.